The molecule has 2 N–H and O–H groups in total. The van der Waals surface area contributed by atoms with Crippen LogP contribution in [0.15, 0.2) is 24.3 Å². The molecule has 0 aromatic heterocycles. The molecule has 1 aromatic rings. The third-order valence-corrected chi connectivity index (χ3v) is 3.88. The molecular formula is C15H21ClN2O2. The minimum Gasteiger partial charge on any atom is -0.370 e. The summed E-state index contributed by atoms with van der Waals surface area (Å²) in [5.74, 6) is 0.140. The van der Waals surface area contributed by atoms with Crippen molar-refractivity contribution in [2.75, 3.05) is 19.7 Å². The number of hydrogen-bond acceptors (Lipinski definition) is 3. The van der Waals surface area contributed by atoms with Crippen molar-refractivity contribution in [1.82, 2.24) is 4.90 Å². The summed E-state index contributed by atoms with van der Waals surface area (Å²) in [7, 11) is 0. The minimum atomic E-state index is -0.445. The van der Waals surface area contributed by atoms with Gasteiger partial charge in [-0.2, -0.15) is 0 Å². The van der Waals surface area contributed by atoms with Crippen LogP contribution in [-0.4, -0.2) is 36.5 Å². The fourth-order valence-corrected chi connectivity index (χ4v) is 2.35. The summed E-state index contributed by atoms with van der Waals surface area (Å²) in [4.78, 5) is 14.1. The Balaban J connectivity index is 2.05. The van der Waals surface area contributed by atoms with Gasteiger partial charge in [-0.25, -0.2) is 0 Å². The zero-order valence-corrected chi connectivity index (χ0v) is 12.6. The Bertz CT molecular complexity index is 461. The number of halogens is 1. The van der Waals surface area contributed by atoms with Crippen molar-refractivity contribution in [1.29, 1.82) is 0 Å². The van der Waals surface area contributed by atoms with Gasteiger partial charge in [0.25, 0.3) is 0 Å². The van der Waals surface area contributed by atoms with Crippen LogP contribution in [0.2, 0.25) is 5.02 Å². The Kier molecular flexibility index (Phi) is 5.02. The van der Waals surface area contributed by atoms with Gasteiger partial charge in [0.1, 0.15) is 6.10 Å². The Labute approximate surface area is 124 Å². The maximum atomic E-state index is 12.3. The van der Waals surface area contributed by atoms with Crippen molar-refractivity contribution in [3.8, 4) is 0 Å². The molecule has 1 saturated heterocycles. The number of carbonyl (C=O) groups excluding carboxylic acids is 1. The van der Waals surface area contributed by atoms with Gasteiger partial charge in [0.05, 0.1) is 19.2 Å². The first-order chi connectivity index (χ1) is 9.49. The first-order valence-electron chi connectivity index (χ1n) is 6.90. The van der Waals surface area contributed by atoms with Crippen molar-refractivity contribution >= 4 is 17.5 Å². The van der Waals surface area contributed by atoms with Gasteiger partial charge >= 0.3 is 0 Å². The first-order valence-corrected chi connectivity index (χ1v) is 7.28. The molecule has 110 valence electrons. The molecule has 0 aliphatic carbocycles. The van der Waals surface area contributed by atoms with Crippen LogP contribution in [0.1, 0.15) is 25.5 Å². The van der Waals surface area contributed by atoms with Crippen molar-refractivity contribution in [2.24, 2.45) is 11.7 Å². The summed E-state index contributed by atoms with van der Waals surface area (Å²) >= 11 is 5.88. The van der Waals surface area contributed by atoms with E-state index in [9.17, 15) is 4.79 Å². The summed E-state index contributed by atoms with van der Waals surface area (Å²) in [6.45, 7) is 5.59. The van der Waals surface area contributed by atoms with Crippen LogP contribution in [0, 0.1) is 5.92 Å². The van der Waals surface area contributed by atoms with Gasteiger partial charge in [0.15, 0.2) is 0 Å². The molecule has 0 bridgehead atoms. The van der Waals surface area contributed by atoms with E-state index >= 15 is 0 Å². The molecule has 20 heavy (non-hydrogen) atoms. The lowest BCUT2D eigenvalue weighted by Crippen LogP contribution is -2.51. The average molecular weight is 297 g/mol. The number of ether oxygens (including phenoxy) is 1. The molecule has 1 aromatic carbocycles. The second-order valence-corrected chi connectivity index (χ2v) is 5.90. The van der Waals surface area contributed by atoms with Crippen molar-refractivity contribution in [2.45, 2.75) is 26.0 Å². The molecule has 4 nitrogen and oxygen atoms in total. The number of carbonyl (C=O) groups is 1. The highest BCUT2D eigenvalue weighted by Gasteiger charge is 2.29. The van der Waals surface area contributed by atoms with E-state index in [4.69, 9.17) is 22.1 Å². The quantitative estimate of drug-likeness (QED) is 0.930. The molecule has 5 heteroatoms. The van der Waals surface area contributed by atoms with Crippen molar-refractivity contribution in [3.05, 3.63) is 34.9 Å². The van der Waals surface area contributed by atoms with Gasteiger partial charge < -0.3 is 15.4 Å². The summed E-state index contributed by atoms with van der Waals surface area (Å²) in [6, 6.07) is 7.09. The van der Waals surface area contributed by atoms with E-state index in [1.54, 1.807) is 4.90 Å². The minimum absolute atomic E-state index is 0.00210. The second-order valence-electron chi connectivity index (χ2n) is 5.47. The monoisotopic (exact) mass is 296 g/mol. The Morgan fingerprint density at radius 1 is 1.40 bits per heavy atom. The lowest BCUT2D eigenvalue weighted by molar-refractivity contribution is -0.141. The van der Waals surface area contributed by atoms with Gasteiger partial charge in [-0.05, 0) is 23.6 Å². The molecule has 1 aliphatic rings. The summed E-state index contributed by atoms with van der Waals surface area (Å²) in [5.41, 5.74) is 6.98. The predicted molar refractivity (Wildman–Crippen MR) is 79.5 cm³/mol. The summed E-state index contributed by atoms with van der Waals surface area (Å²) in [5, 5.41) is 0.694. The van der Waals surface area contributed by atoms with E-state index in [0.717, 1.165) is 5.56 Å². The fraction of sp³-hybridized carbons (Fsp3) is 0.533. The number of benzene rings is 1. The van der Waals surface area contributed by atoms with Crippen LogP contribution < -0.4 is 5.73 Å². The SMILES string of the molecule is CC(C)C(N)C(=O)N1CCOC(c2ccc(Cl)cc2)C1. The van der Waals surface area contributed by atoms with E-state index in [1.807, 2.05) is 38.1 Å². The molecular weight excluding hydrogens is 276 g/mol. The zero-order valence-electron chi connectivity index (χ0n) is 11.9. The van der Waals surface area contributed by atoms with Gasteiger partial charge in [-0.3, -0.25) is 4.79 Å². The molecule has 2 unspecified atom stereocenters. The number of amides is 1. The Hall–Kier alpha value is -1.10. The van der Waals surface area contributed by atoms with E-state index in [0.29, 0.717) is 24.7 Å². The highest BCUT2D eigenvalue weighted by molar-refractivity contribution is 6.30. The normalized spacial score (nSPS) is 21.1. The van der Waals surface area contributed by atoms with Crippen LogP contribution in [0.5, 0.6) is 0 Å². The first kappa shape index (κ1) is 15.3. The number of hydrogen-bond donors (Lipinski definition) is 1. The van der Waals surface area contributed by atoms with Crippen LogP contribution in [0.4, 0.5) is 0 Å². The van der Waals surface area contributed by atoms with E-state index in [1.165, 1.54) is 0 Å². The lowest BCUT2D eigenvalue weighted by atomic mass is 10.0. The van der Waals surface area contributed by atoms with E-state index < -0.39 is 6.04 Å². The number of rotatable bonds is 3. The predicted octanol–water partition coefficient (Wildman–Crippen LogP) is 2.22. The lowest BCUT2D eigenvalue weighted by Gasteiger charge is -2.35. The molecule has 0 saturated carbocycles. The molecule has 1 amide bonds. The Morgan fingerprint density at radius 3 is 2.65 bits per heavy atom. The molecule has 1 aliphatic heterocycles. The van der Waals surface area contributed by atoms with Crippen LogP contribution in [-0.2, 0) is 9.53 Å². The van der Waals surface area contributed by atoms with E-state index in [-0.39, 0.29) is 17.9 Å². The fourth-order valence-electron chi connectivity index (χ4n) is 2.22. The maximum Gasteiger partial charge on any atom is 0.239 e. The number of nitrogens with zero attached hydrogens (tertiary/aromatic N) is 1. The van der Waals surface area contributed by atoms with Crippen LogP contribution in [0.25, 0.3) is 0 Å². The Morgan fingerprint density at radius 2 is 2.05 bits per heavy atom. The largest absolute Gasteiger partial charge is 0.370 e. The van der Waals surface area contributed by atoms with Crippen molar-refractivity contribution in [3.63, 3.8) is 0 Å². The van der Waals surface area contributed by atoms with Crippen LogP contribution >= 0.6 is 11.6 Å². The van der Waals surface area contributed by atoms with E-state index in [2.05, 4.69) is 0 Å². The van der Waals surface area contributed by atoms with Gasteiger partial charge in [-0.15, -0.1) is 0 Å². The smallest absolute Gasteiger partial charge is 0.239 e. The number of morpholine rings is 1. The van der Waals surface area contributed by atoms with Crippen LogP contribution in [0.3, 0.4) is 0 Å². The third kappa shape index (κ3) is 3.51. The molecule has 2 atom stereocenters. The third-order valence-electron chi connectivity index (χ3n) is 3.62. The summed E-state index contributed by atoms with van der Waals surface area (Å²) < 4.78 is 5.75. The van der Waals surface area contributed by atoms with Gasteiger partial charge in [-0.1, -0.05) is 37.6 Å². The number of nitrogens with two attached hydrogens (primary N) is 1. The average Bonchev–Trinajstić information content (AvgIpc) is 2.46. The summed E-state index contributed by atoms with van der Waals surface area (Å²) in [6.07, 6.45) is -0.107. The maximum absolute atomic E-state index is 12.3. The zero-order chi connectivity index (χ0) is 14.7. The highest BCUT2D eigenvalue weighted by atomic mass is 35.5. The topological polar surface area (TPSA) is 55.6 Å². The molecule has 0 spiro atoms. The molecule has 2 rings (SSSR count). The molecule has 1 fully saturated rings. The molecule has 0 radical (unpaired) electrons. The molecule has 1 heterocycles. The standard InChI is InChI=1S/C15H21ClN2O2/c1-10(2)14(17)15(19)18-7-8-20-13(9-18)11-3-5-12(16)6-4-11/h3-6,10,13-14H,7-9,17H2,1-2H3. The second kappa shape index (κ2) is 6.57. The van der Waals surface area contributed by atoms with Crippen molar-refractivity contribution < 1.29 is 9.53 Å². The highest BCUT2D eigenvalue weighted by Crippen LogP contribution is 2.24. The van der Waals surface area contributed by atoms with Gasteiger partial charge in [0, 0.05) is 11.6 Å². The van der Waals surface area contributed by atoms with Gasteiger partial charge in [0.2, 0.25) is 5.91 Å².